The fraction of sp³-hybridized carbons (Fsp3) is 0.594. The highest BCUT2D eigenvalue weighted by Gasteiger charge is 2.31. The molecule has 9 nitrogen and oxygen atoms in total. The van der Waals surface area contributed by atoms with Gasteiger partial charge in [-0.25, -0.2) is 9.78 Å². The Kier molecular flexibility index (Phi) is 9.41. The van der Waals surface area contributed by atoms with Gasteiger partial charge in [0.2, 0.25) is 5.95 Å². The Balaban J connectivity index is 1.31. The first-order valence-electron chi connectivity index (χ1n) is 15.4. The Morgan fingerprint density at radius 2 is 1.73 bits per heavy atom. The van der Waals surface area contributed by atoms with Crippen molar-refractivity contribution in [1.82, 2.24) is 24.3 Å². The first-order chi connectivity index (χ1) is 20.7. The Hall–Kier alpha value is -3.38. The van der Waals surface area contributed by atoms with E-state index in [0.29, 0.717) is 31.6 Å². The highest BCUT2D eigenvalue weighted by Crippen LogP contribution is 2.37. The Morgan fingerprint density at radius 1 is 1.07 bits per heavy atom. The highest BCUT2D eigenvalue weighted by molar-refractivity contribution is 5.94. The normalized spacial score (nSPS) is 21.0. The minimum Gasteiger partial charge on any atom is -0.444 e. The van der Waals surface area contributed by atoms with Crippen LogP contribution < -0.4 is 5.32 Å². The number of hydrogen-bond acceptors (Lipinski definition) is 7. The molecule has 5 rings (SSSR count). The SMILES string of the molecule is C[C@@H](CC(F)(F)F)Nc1ncc2c(-c3ccc(CN4CCN(C(=O)OC(C)(C)C)CC4)cc3)cn([C@H]3CC[C@H](O)CC3)c2n1. The predicted molar refractivity (Wildman–Crippen MR) is 163 cm³/mol. The zero-order valence-electron chi connectivity index (χ0n) is 25.9. The third-order valence-corrected chi connectivity index (χ3v) is 8.24. The number of aromatic nitrogens is 3. The van der Waals surface area contributed by atoms with E-state index in [1.165, 1.54) is 6.92 Å². The van der Waals surface area contributed by atoms with E-state index in [1.807, 2.05) is 20.8 Å². The fourth-order valence-electron chi connectivity index (χ4n) is 6.03. The van der Waals surface area contributed by atoms with E-state index in [1.54, 1.807) is 11.1 Å². The maximum atomic E-state index is 12.9. The van der Waals surface area contributed by atoms with Crippen molar-refractivity contribution in [1.29, 1.82) is 0 Å². The summed E-state index contributed by atoms with van der Waals surface area (Å²) in [4.78, 5) is 25.5. The molecule has 1 aliphatic carbocycles. The molecule has 12 heteroatoms. The zero-order chi connectivity index (χ0) is 31.6. The molecule has 2 aliphatic rings. The summed E-state index contributed by atoms with van der Waals surface area (Å²) in [5, 5.41) is 13.7. The fourth-order valence-corrected chi connectivity index (χ4v) is 6.03. The van der Waals surface area contributed by atoms with Gasteiger partial charge in [-0.3, -0.25) is 4.90 Å². The van der Waals surface area contributed by atoms with Crippen LogP contribution in [0.3, 0.4) is 0 Å². The van der Waals surface area contributed by atoms with Crippen molar-refractivity contribution < 1.29 is 27.8 Å². The van der Waals surface area contributed by atoms with Gasteiger partial charge in [-0.2, -0.15) is 18.2 Å². The molecule has 44 heavy (non-hydrogen) atoms. The Labute approximate surface area is 256 Å². The summed E-state index contributed by atoms with van der Waals surface area (Å²) >= 11 is 0. The van der Waals surface area contributed by atoms with Gasteiger partial charge < -0.3 is 24.6 Å². The van der Waals surface area contributed by atoms with E-state index in [-0.39, 0.29) is 24.2 Å². The number of anilines is 1. The van der Waals surface area contributed by atoms with Gasteiger partial charge in [0.25, 0.3) is 0 Å². The number of aliphatic hydroxyl groups is 1. The summed E-state index contributed by atoms with van der Waals surface area (Å²) in [7, 11) is 0. The molecule has 0 unspecified atom stereocenters. The van der Waals surface area contributed by atoms with Gasteiger partial charge in [0.15, 0.2) is 0 Å². The van der Waals surface area contributed by atoms with Crippen molar-refractivity contribution in [2.24, 2.45) is 0 Å². The van der Waals surface area contributed by atoms with Gasteiger partial charge in [-0.1, -0.05) is 24.3 Å². The van der Waals surface area contributed by atoms with E-state index in [2.05, 4.69) is 55.2 Å². The van der Waals surface area contributed by atoms with Crippen LogP contribution in [0.4, 0.5) is 23.9 Å². The van der Waals surface area contributed by atoms with Crippen molar-refractivity contribution in [3.8, 4) is 11.1 Å². The second kappa shape index (κ2) is 12.9. The van der Waals surface area contributed by atoms with E-state index in [4.69, 9.17) is 4.74 Å². The molecule has 240 valence electrons. The first kappa shape index (κ1) is 32.0. The van der Waals surface area contributed by atoms with Crippen molar-refractivity contribution in [3.63, 3.8) is 0 Å². The molecule has 2 fully saturated rings. The molecule has 2 aromatic heterocycles. The maximum absolute atomic E-state index is 12.9. The summed E-state index contributed by atoms with van der Waals surface area (Å²) < 4.78 is 46.4. The molecule has 1 amide bonds. The summed E-state index contributed by atoms with van der Waals surface area (Å²) in [6.07, 6.45) is 0.882. The van der Waals surface area contributed by atoms with Gasteiger partial charge in [-0.05, 0) is 64.5 Å². The number of alkyl halides is 3. The van der Waals surface area contributed by atoms with Crippen molar-refractivity contribution in [2.75, 3.05) is 31.5 Å². The number of carbonyl (C=O) groups is 1. The van der Waals surface area contributed by atoms with Crippen LogP contribution in [-0.2, 0) is 11.3 Å². The summed E-state index contributed by atoms with van der Waals surface area (Å²) in [5.41, 5.74) is 3.27. The zero-order valence-corrected chi connectivity index (χ0v) is 25.9. The monoisotopic (exact) mass is 616 g/mol. The van der Waals surface area contributed by atoms with E-state index < -0.39 is 24.2 Å². The van der Waals surface area contributed by atoms with Crippen LogP contribution in [-0.4, -0.2) is 85.6 Å². The number of benzene rings is 1. The molecule has 1 aliphatic heterocycles. The topological polar surface area (TPSA) is 95.8 Å². The first-order valence-corrected chi connectivity index (χ1v) is 15.4. The number of nitrogens with zero attached hydrogens (tertiary/aromatic N) is 5. The van der Waals surface area contributed by atoms with Crippen molar-refractivity contribution in [3.05, 3.63) is 42.2 Å². The number of piperazine rings is 1. The lowest BCUT2D eigenvalue weighted by Crippen LogP contribution is -2.49. The van der Waals surface area contributed by atoms with Crippen LogP contribution in [0.25, 0.3) is 22.2 Å². The second-order valence-electron chi connectivity index (χ2n) is 13.1. The second-order valence-corrected chi connectivity index (χ2v) is 13.1. The molecule has 1 saturated carbocycles. The van der Waals surface area contributed by atoms with Gasteiger partial charge in [0.1, 0.15) is 11.2 Å². The summed E-state index contributed by atoms with van der Waals surface area (Å²) in [6.45, 7) is 10.6. The van der Waals surface area contributed by atoms with Crippen molar-refractivity contribution in [2.45, 2.75) is 96.3 Å². The quantitative estimate of drug-likeness (QED) is 0.318. The lowest BCUT2D eigenvalue weighted by Gasteiger charge is -2.35. The average Bonchev–Trinajstić information content (AvgIpc) is 3.31. The molecule has 1 aromatic carbocycles. The van der Waals surface area contributed by atoms with E-state index in [0.717, 1.165) is 54.6 Å². The predicted octanol–water partition coefficient (Wildman–Crippen LogP) is 6.38. The van der Waals surface area contributed by atoms with Crippen molar-refractivity contribution >= 4 is 23.1 Å². The van der Waals surface area contributed by atoms with Gasteiger partial charge in [-0.15, -0.1) is 0 Å². The molecule has 0 radical (unpaired) electrons. The number of amides is 1. The van der Waals surface area contributed by atoms with E-state index >= 15 is 0 Å². The number of fused-ring (bicyclic) bond motifs is 1. The molecular formula is C32H43F3N6O3. The van der Waals surface area contributed by atoms with Gasteiger partial charge >= 0.3 is 12.3 Å². The van der Waals surface area contributed by atoms with Crippen LogP contribution in [0.15, 0.2) is 36.7 Å². The van der Waals surface area contributed by atoms with Crippen LogP contribution in [0.5, 0.6) is 0 Å². The molecule has 1 saturated heterocycles. The van der Waals surface area contributed by atoms with Crippen LogP contribution >= 0.6 is 0 Å². The summed E-state index contributed by atoms with van der Waals surface area (Å²) in [5.74, 6) is 0.165. The van der Waals surface area contributed by atoms with Crippen LogP contribution in [0.1, 0.15) is 71.4 Å². The van der Waals surface area contributed by atoms with Gasteiger partial charge in [0.05, 0.1) is 12.5 Å². The third kappa shape index (κ3) is 8.20. The molecule has 0 spiro atoms. The number of carbonyl (C=O) groups excluding carboxylic acids is 1. The highest BCUT2D eigenvalue weighted by atomic mass is 19.4. The molecular weight excluding hydrogens is 573 g/mol. The third-order valence-electron chi connectivity index (χ3n) is 8.24. The number of halogens is 3. The van der Waals surface area contributed by atoms with E-state index in [9.17, 15) is 23.1 Å². The minimum absolute atomic E-state index is 0.128. The molecule has 2 N–H and O–H groups in total. The van der Waals surface area contributed by atoms with Gasteiger partial charge in [0, 0.05) is 68.2 Å². The number of aliphatic hydroxyl groups excluding tert-OH is 1. The number of hydrogen-bond donors (Lipinski definition) is 2. The Bertz CT molecular complexity index is 1420. The smallest absolute Gasteiger partial charge is 0.410 e. The molecule has 0 bridgehead atoms. The number of ether oxygens (including phenoxy) is 1. The number of rotatable bonds is 7. The summed E-state index contributed by atoms with van der Waals surface area (Å²) in [6, 6.07) is 7.62. The average molecular weight is 617 g/mol. The lowest BCUT2D eigenvalue weighted by molar-refractivity contribution is -0.136. The standard InChI is InChI=1S/C32H43F3N6O3/c1-21(17-32(33,34)35)37-29-36-18-26-27(20-41(28(26)38-29)24-9-11-25(42)12-10-24)23-7-5-22(6-8-23)19-39-13-15-40(16-14-39)30(43)44-31(2,3)4/h5-8,18,20-21,24-25,42H,9-17,19H2,1-4H3,(H,36,37,38)/t21-,24-,25-/m0/s1. The maximum Gasteiger partial charge on any atom is 0.410 e. The Morgan fingerprint density at radius 3 is 2.34 bits per heavy atom. The minimum atomic E-state index is -4.28. The molecule has 3 aromatic rings. The largest absolute Gasteiger partial charge is 0.444 e. The van der Waals surface area contributed by atoms with Crippen LogP contribution in [0, 0.1) is 0 Å². The van der Waals surface area contributed by atoms with Crippen LogP contribution in [0.2, 0.25) is 0 Å². The molecule has 1 atom stereocenters. The number of nitrogens with one attached hydrogen (secondary N) is 1. The molecule has 3 heterocycles. The lowest BCUT2D eigenvalue weighted by atomic mass is 9.93.